The van der Waals surface area contributed by atoms with E-state index in [1.807, 2.05) is 12.1 Å². The van der Waals surface area contributed by atoms with E-state index < -0.39 is 55.9 Å². The minimum Gasteiger partial charge on any atom is -0.333 e. The van der Waals surface area contributed by atoms with Crippen LogP contribution in [-0.4, -0.2) is 97.7 Å². The zero-order chi connectivity index (χ0) is 34.1. The SMILES string of the molecule is CN(C)S(=O)(=O)c1cc(C(=O)N2CCN(CCN3CCc4ncccc4C3)C[C@H]2Cc2ccc(C(F)(F)F)cc2)cc(C(F)(F)F)c1.Cl.Cl.Cl. The molecule has 2 aliphatic heterocycles. The number of benzene rings is 2. The molecular weight excluding hydrogens is 755 g/mol. The highest BCUT2D eigenvalue weighted by molar-refractivity contribution is 7.89. The molecule has 3 aromatic rings. The minimum atomic E-state index is -4.92. The number of fused-ring (bicyclic) bond motifs is 1. The van der Waals surface area contributed by atoms with Crippen molar-refractivity contribution in [1.82, 2.24) is 24.0 Å². The summed E-state index contributed by atoms with van der Waals surface area (Å²) in [5.41, 5.74) is 0.209. The Balaban J connectivity index is 0.00000289. The highest BCUT2D eigenvalue weighted by Crippen LogP contribution is 2.34. The van der Waals surface area contributed by atoms with E-state index in [1.165, 1.54) is 31.1 Å². The summed E-state index contributed by atoms with van der Waals surface area (Å²) in [6, 6.07) is 9.98. The number of hydrogen-bond acceptors (Lipinski definition) is 6. The van der Waals surface area contributed by atoms with E-state index in [0.717, 1.165) is 53.3 Å². The molecule has 50 heavy (non-hydrogen) atoms. The minimum absolute atomic E-state index is 0. The lowest BCUT2D eigenvalue weighted by atomic mass is 9.99. The van der Waals surface area contributed by atoms with Crippen LogP contribution in [0.2, 0.25) is 0 Å². The van der Waals surface area contributed by atoms with Gasteiger partial charge >= 0.3 is 12.4 Å². The first-order chi connectivity index (χ1) is 22.0. The second-order valence-electron chi connectivity index (χ2n) is 12.0. The van der Waals surface area contributed by atoms with Gasteiger partial charge in [-0.1, -0.05) is 18.2 Å². The monoisotopic (exact) mass is 791 g/mol. The van der Waals surface area contributed by atoms with Gasteiger partial charge in [0.15, 0.2) is 0 Å². The van der Waals surface area contributed by atoms with Crippen LogP contribution in [0, 0.1) is 0 Å². The van der Waals surface area contributed by atoms with Crippen LogP contribution < -0.4 is 0 Å². The quantitative estimate of drug-likeness (QED) is 0.259. The zero-order valence-corrected chi connectivity index (χ0v) is 30.3. The van der Waals surface area contributed by atoms with Crippen LogP contribution in [-0.2, 0) is 41.8 Å². The number of aromatic nitrogens is 1. The number of pyridine rings is 1. The van der Waals surface area contributed by atoms with E-state index >= 15 is 0 Å². The summed E-state index contributed by atoms with van der Waals surface area (Å²) >= 11 is 0. The predicted octanol–water partition coefficient (Wildman–Crippen LogP) is 6.06. The highest BCUT2D eigenvalue weighted by atomic mass is 35.5. The molecule has 0 saturated carbocycles. The Labute approximate surface area is 306 Å². The Bertz CT molecular complexity index is 1710. The third-order valence-electron chi connectivity index (χ3n) is 8.62. The van der Waals surface area contributed by atoms with E-state index in [-0.39, 0.29) is 50.2 Å². The lowest BCUT2D eigenvalue weighted by Crippen LogP contribution is -2.57. The molecule has 0 unspecified atom stereocenters. The van der Waals surface area contributed by atoms with Crippen molar-refractivity contribution in [2.75, 3.05) is 53.4 Å². The van der Waals surface area contributed by atoms with E-state index in [1.54, 1.807) is 6.20 Å². The summed E-state index contributed by atoms with van der Waals surface area (Å²) < 4.78 is 108. The number of amides is 1. The number of sulfonamides is 1. The largest absolute Gasteiger partial charge is 0.416 e. The second-order valence-corrected chi connectivity index (χ2v) is 14.2. The number of piperazine rings is 1. The van der Waals surface area contributed by atoms with Gasteiger partial charge in [0.05, 0.1) is 16.0 Å². The van der Waals surface area contributed by atoms with E-state index in [2.05, 4.69) is 14.8 Å². The van der Waals surface area contributed by atoms with Gasteiger partial charge in [0.1, 0.15) is 0 Å². The molecule has 1 amide bonds. The van der Waals surface area contributed by atoms with Gasteiger partial charge in [-0.15, -0.1) is 37.2 Å². The Kier molecular flexibility index (Phi) is 15.0. The van der Waals surface area contributed by atoms with Crippen molar-refractivity contribution in [3.63, 3.8) is 0 Å². The molecule has 2 aliphatic rings. The number of rotatable bonds is 8. The normalized spacial score (nSPS) is 17.3. The van der Waals surface area contributed by atoms with Crippen molar-refractivity contribution in [3.8, 4) is 0 Å². The fourth-order valence-electron chi connectivity index (χ4n) is 5.98. The van der Waals surface area contributed by atoms with Gasteiger partial charge in [-0.25, -0.2) is 12.7 Å². The summed E-state index contributed by atoms with van der Waals surface area (Å²) in [6.45, 7) is 3.77. The van der Waals surface area contributed by atoms with Gasteiger partial charge in [0.25, 0.3) is 5.91 Å². The molecule has 1 aromatic heterocycles. The van der Waals surface area contributed by atoms with Crippen LogP contribution in [0.4, 0.5) is 26.3 Å². The van der Waals surface area contributed by atoms with E-state index in [9.17, 15) is 39.6 Å². The fraction of sp³-hybridized carbons (Fsp3) is 0.438. The fourth-order valence-corrected chi connectivity index (χ4v) is 6.95. The number of alkyl halides is 6. The number of carbonyl (C=O) groups excluding carboxylic acids is 1. The maximum atomic E-state index is 13.9. The standard InChI is InChI=1S/C32H35F6N5O3S.3ClH/c1-40(2)47(45,46)28-18-24(17-26(19-28)32(36,37)38)30(44)43-15-14-42(13-12-41-11-9-29-23(20-41)4-3-10-39-29)21-27(43)16-22-5-7-25(8-6-22)31(33,34)35;;;/h3-8,10,17-19,27H,9,11-16,20-21H2,1-2H3;3*1H/t27-;;;/m1.../s1. The summed E-state index contributed by atoms with van der Waals surface area (Å²) in [5, 5.41) is 0. The third-order valence-corrected chi connectivity index (χ3v) is 10.4. The van der Waals surface area contributed by atoms with Gasteiger partial charge in [0, 0.05) is 89.8 Å². The molecule has 8 nitrogen and oxygen atoms in total. The molecule has 0 radical (unpaired) electrons. The van der Waals surface area contributed by atoms with Crippen LogP contribution in [0.5, 0.6) is 0 Å². The molecule has 1 fully saturated rings. The summed E-state index contributed by atoms with van der Waals surface area (Å²) in [5.74, 6) is -0.789. The van der Waals surface area contributed by atoms with Crippen LogP contribution in [0.25, 0.3) is 0 Å². The van der Waals surface area contributed by atoms with Gasteiger partial charge in [0.2, 0.25) is 10.0 Å². The molecule has 1 saturated heterocycles. The number of carbonyl (C=O) groups is 1. The van der Waals surface area contributed by atoms with E-state index in [4.69, 9.17) is 0 Å². The predicted molar refractivity (Wildman–Crippen MR) is 184 cm³/mol. The molecule has 5 rings (SSSR count). The number of hydrogen-bond donors (Lipinski definition) is 0. The Morgan fingerprint density at radius 3 is 2.12 bits per heavy atom. The van der Waals surface area contributed by atoms with Crippen LogP contribution in [0.3, 0.4) is 0 Å². The molecule has 0 bridgehead atoms. The van der Waals surface area contributed by atoms with Crippen LogP contribution >= 0.6 is 37.2 Å². The summed E-state index contributed by atoms with van der Waals surface area (Å²) in [7, 11) is -1.96. The topological polar surface area (TPSA) is 77.1 Å². The van der Waals surface area contributed by atoms with Gasteiger partial charge < -0.3 is 4.90 Å². The van der Waals surface area contributed by atoms with Gasteiger partial charge in [-0.2, -0.15) is 26.3 Å². The first-order valence-corrected chi connectivity index (χ1v) is 16.5. The molecule has 1 atom stereocenters. The Morgan fingerprint density at radius 1 is 0.860 bits per heavy atom. The lowest BCUT2D eigenvalue weighted by Gasteiger charge is -2.42. The summed E-state index contributed by atoms with van der Waals surface area (Å²) in [6.07, 6.45) is -6.71. The van der Waals surface area contributed by atoms with Gasteiger partial charge in [-0.3, -0.25) is 19.6 Å². The average Bonchev–Trinajstić information content (AvgIpc) is 3.02. The molecule has 2 aromatic carbocycles. The average molecular weight is 793 g/mol. The van der Waals surface area contributed by atoms with Gasteiger partial charge in [-0.05, 0) is 53.9 Å². The first-order valence-electron chi connectivity index (χ1n) is 15.0. The van der Waals surface area contributed by atoms with Crippen molar-refractivity contribution >= 4 is 53.2 Å². The Morgan fingerprint density at radius 2 is 1.50 bits per heavy atom. The molecule has 0 N–H and O–H groups in total. The first kappa shape index (κ1) is 43.5. The van der Waals surface area contributed by atoms with Crippen LogP contribution in [0.1, 0.15) is 38.3 Å². The molecule has 0 spiro atoms. The number of nitrogens with zero attached hydrogens (tertiary/aromatic N) is 5. The highest BCUT2D eigenvalue weighted by Gasteiger charge is 2.37. The van der Waals surface area contributed by atoms with Crippen LogP contribution in [0.15, 0.2) is 65.7 Å². The molecule has 18 heteroatoms. The molecule has 278 valence electrons. The smallest absolute Gasteiger partial charge is 0.333 e. The second kappa shape index (κ2) is 17.2. The van der Waals surface area contributed by atoms with Crippen molar-refractivity contribution in [2.45, 2.75) is 42.7 Å². The maximum Gasteiger partial charge on any atom is 0.416 e. The molecule has 3 heterocycles. The maximum absolute atomic E-state index is 13.9. The molecular formula is C32H38Cl3F6N5O3S. The van der Waals surface area contributed by atoms with Crippen molar-refractivity contribution < 1.29 is 39.6 Å². The van der Waals surface area contributed by atoms with Crippen molar-refractivity contribution in [1.29, 1.82) is 0 Å². The zero-order valence-electron chi connectivity index (χ0n) is 27.1. The Hall–Kier alpha value is -2.66. The lowest BCUT2D eigenvalue weighted by molar-refractivity contribution is -0.138. The number of halogens is 9. The summed E-state index contributed by atoms with van der Waals surface area (Å²) in [4.78, 5) is 23.5. The third kappa shape index (κ3) is 10.2. The molecule has 0 aliphatic carbocycles. The van der Waals surface area contributed by atoms with Crippen molar-refractivity contribution in [2.24, 2.45) is 0 Å². The van der Waals surface area contributed by atoms with E-state index in [0.29, 0.717) is 43.9 Å². The van der Waals surface area contributed by atoms with Crippen molar-refractivity contribution in [3.05, 3.63) is 94.3 Å².